The molecule has 0 saturated carbocycles. The van der Waals surface area contributed by atoms with E-state index in [2.05, 4.69) is 10.6 Å². The van der Waals surface area contributed by atoms with E-state index in [9.17, 15) is 9.59 Å². The van der Waals surface area contributed by atoms with Crippen LogP contribution in [0, 0.1) is 0 Å². The molecule has 2 amide bonds. The predicted octanol–water partition coefficient (Wildman–Crippen LogP) is 2.85. The van der Waals surface area contributed by atoms with Crippen LogP contribution in [0.15, 0.2) is 29.2 Å². The molecule has 2 N–H and O–H groups in total. The Bertz CT molecular complexity index is 496. The van der Waals surface area contributed by atoms with Gasteiger partial charge in [-0.1, -0.05) is 30.7 Å². The summed E-state index contributed by atoms with van der Waals surface area (Å²) in [7, 11) is 0. The minimum Gasteiger partial charge on any atom is -0.354 e. The maximum atomic E-state index is 12.1. The van der Waals surface area contributed by atoms with Crippen LogP contribution in [0.4, 0.5) is 0 Å². The third-order valence-corrected chi connectivity index (χ3v) is 4.43. The number of amides is 2. The second kappa shape index (κ2) is 8.95. The lowest BCUT2D eigenvalue weighted by atomic mass is 10.3. The van der Waals surface area contributed by atoms with Gasteiger partial charge in [-0.2, -0.15) is 0 Å². The summed E-state index contributed by atoms with van der Waals surface area (Å²) >= 11 is 7.44. The van der Waals surface area contributed by atoms with Crippen molar-refractivity contribution >= 4 is 35.2 Å². The van der Waals surface area contributed by atoms with Crippen LogP contribution < -0.4 is 10.6 Å². The van der Waals surface area contributed by atoms with Crippen LogP contribution in [0.2, 0.25) is 5.02 Å². The minimum atomic E-state index is -0.543. The molecule has 0 saturated heterocycles. The van der Waals surface area contributed by atoms with Crippen molar-refractivity contribution in [1.82, 2.24) is 10.6 Å². The average Bonchev–Trinajstić information content (AvgIpc) is 2.46. The fourth-order valence-corrected chi connectivity index (χ4v) is 2.74. The molecule has 116 valence electrons. The summed E-state index contributed by atoms with van der Waals surface area (Å²) in [5.41, 5.74) is 0. The highest BCUT2D eigenvalue weighted by molar-refractivity contribution is 8.00. The van der Waals surface area contributed by atoms with E-state index in [1.165, 1.54) is 11.8 Å². The molecule has 0 unspecified atom stereocenters. The molecular weight excluding hydrogens is 308 g/mol. The van der Waals surface area contributed by atoms with Crippen LogP contribution in [0.1, 0.15) is 27.2 Å². The summed E-state index contributed by atoms with van der Waals surface area (Å²) in [4.78, 5) is 24.7. The van der Waals surface area contributed by atoms with Gasteiger partial charge in [0.2, 0.25) is 11.8 Å². The Morgan fingerprint density at radius 1 is 1.24 bits per heavy atom. The zero-order chi connectivity index (χ0) is 15.8. The number of halogens is 1. The van der Waals surface area contributed by atoms with Crippen molar-refractivity contribution in [3.8, 4) is 0 Å². The van der Waals surface area contributed by atoms with E-state index in [4.69, 9.17) is 11.6 Å². The topological polar surface area (TPSA) is 58.2 Å². The quantitative estimate of drug-likeness (QED) is 0.757. The molecule has 0 aromatic heterocycles. The summed E-state index contributed by atoms with van der Waals surface area (Å²) in [5.74, 6) is -0.348. The van der Waals surface area contributed by atoms with Crippen LogP contribution in [-0.4, -0.2) is 29.7 Å². The zero-order valence-electron chi connectivity index (χ0n) is 12.5. The third-order valence-electron chi connectivity index (χ3n) is 2.81. The van der Waals surface area contributed by atoms with Crippen molar-refractivity contribution in [3.05, 3.63) is 29.3 Å². The molecule has 0 aliphatic heterocycles. The van der Waals surface area contributed by atoms with Gasteiger partial charge < -0.3 is 10.6 Å². The summed E-state index contributed by atoms with van der Waals surface area (Å²) in [5, 5.41) is 5.76. The molecule has 4 nitrogen and oxygen atoms in total. The highest BCUT2D eigenvalue weighted by Gasteiger charge is 2.20. The van der Waals surface area contributed by atoms with Crippen LogP contribution in [0.25, 0.3) is 0 Å². The molecule has 0 bridgehead atoms. The summed E-state index contributed by atoms with van der Waals surface area (Å²) in [6.07, 6.45) is 0.866. The molecule has 21 heavy (non-hydrogen) atoms. The van der Waals surface area contributed by atoms with Crippen molar-refractivity contribution in [3.63, 3.8) is 0 Å². The molecule has 6 heteroatoms. The zero-order valence-corrected chi connectivity index (χ0v) is 14.1. The van der Waals surface area contributed by atoms with Crippen molar-refractivity contribution in [2.75, 3.05) is 6.54 Å². The fourth-order valence-electron chi connectivity index (χ4n) is 1.58. The van der Waals surface area contributed by atoms with Crippen molar-refractivity contribution in [2.45, 2.75) is 43.4 Å². The van der Waals surface area contributed by atoms with Gasteiger partial charge in [-0.3, -0.25) is 9.59 Å². The first-order valence-corrected chi connectivity index (χ1v) is 8.20. The van der Waals surface area contributed by atoms with E-state index in [1.54, 1.807) is 19.9 Å². The van der Waals surface area contributed by atoms with Gasteiger partial charge in [0.25, 0.3) is 0 Å². The van der Waals surface area contributed by atoms with Gasteiger partial charge in [0.1, 0.15) is 6.04 Å². The molecule has 0 radical (unpaired) electrons. The number of hydrogen-bond donors (Lipinski definition) is 2. The van der Waals surface area contributed by atoms with E-state index in [-0.39, 0.29) is 17.1 Å². The maximum Gasteiger partial charge on any atom is 0.242 e. The molecule has 1 rings (SSSR count). The maximum absolute atomic E-state index is 12.1. The Hall–Kier alpha value is -1.20. The van der Waals surface area contributed by atoms with E-state index in [1.807, 2.05) is 25.1 Å². The Morgan fingerprint density at radius 2 is 1.90 bits per heavy atom. The van der Waals surface area contributed by atoms with Gasteiger partial charge in [0.05, 0.1) is 10.3 Å². The van der Waals surface area contributed by atoms with E-state index in [0.717, 1.165) is 11.3 Å². The SMILES string of the molecule is CCCNC(=O)[C@@H](C)NC(=O)[C@@H](C)Sc1ccccc1Cl. The van der Waals surface area contributed by atoms with Gasteiger partial charge in [-0.05, 0) is 32.4 Å². The van der Waals surface area contributed by atoms with E-state index < -0.39 is 6.04 Å². The molecule has 0 aliphatic carbocycles. The number of carbonyl (C=O) groups excluding carboxylic acids is 2. The fraction of sp³-hybridized carbons (Fsp3) is 0.467. The second-order valence-electron chi connectivity index (χ2n) is 4.71. The summed E-state index contributed by atoms with van der Waals surface area (Å²) in [6, 6.07) is 6.83. The van der Waals surface area contributed by atoms with E-state index in [0.29, 0.717) is 11.6 Å². The highest BCUT2D eigenvalue weighted by atomic mass is 35.5. The Kier molecular flexibility index (Phi) is 7.61. The van der Waals surface area contributed by atoms with Gasteiger partial charge in [-0.25, -0.2) is 0 Å². The molecule has 2 atom stereocenters. The molecule has 0 spiro atoms. The van der Waals surface area contributed by atoms with E-state index >= 15 is 0 Å². The molecule has 0 heterocycles. The largest absolute Gasteiger partial charge is 0.354 e. The first-order chi connectivity index (χ1) is 9.95. The molecule has 0 aliphatic rings. The van der Waals surface area contributed by atoms with Crippen LogP contribution in [-0.2, 0) is 9.59 Å². The average molecular weight is 329 g/mol. The smallest absolute Gasteiger partial charge is 0.242 e. The van der Waals surface area contributed by atoms with Gasteiger partial charge >= 0.3 is 0 Å². The first kappa shape index (κ1) is 17.9. The highest BCUT2D eigenvalue weighted by Crippen LogP contribution is 2.29. The standard InChI is InChI=1S/C15H21ClN2O2S/c1-4-9-17-14(19)10(2)18-15(20)11(3)21-13-8-6-5-7-12(13)16/h5-8,10-11H,4,9H2,1-3H3,(H,17,19)(H,18,20)/t10-,11-/m1/s1. The van der Waals surface area contributed by atoms with Gasteiger partial charge in [0, 0.05) is 11.4 Å². The monoisotopic (exact) mass is 328 g/mol. The Morgan fingerprint density at radius 3 is 2.52 bits per heavy atom. The molecule has 1 aromatic rings. The predicted molar refractivity (Wildman–Crippen MR) is 87.7 cm³/mol. The van der Waals surface area contributed by atoms with Gasteiger partial charge in [0.15, 0.2) is 0 Å². The molecule has 1 aromatic carbocycles. The lowest BCUT2D eigenvalue weighted by molar-refractivity contribution is -0.128. The normalized spacial score (nSPS) is 13.3. The summed E-state index contributed by atoms with van der Waals surface area (Å²) < 4.78 is 0. The number of nitrogens with one attached hydrogen (secondary N) is 2. The van der Waals surface area contributed by atoms with Crippen LogP contribution in [0.5, 0.6) is 0 Å². The Labute approximate surface area is 135 Å². The first-order valence-electron chi connectivity index (χ1n) is 6.95. The lowest BCUT2D eigenvalue weighted by Crippen LogP contribution is -2.47. The summed E-state index contributed by atoms with van der Waals surface area (Å²) in [6.45, 7) is 6.06. The second-order valence-corrected chi connectivity index (χ2v) is 6.50. The Balaban J connectivity index is 2.51. The molecule has 0 fully saturated rings. The van der Waals surface area contributed by atoms with Crippen LogP contribution in [0.3, 0.4) is 0 Å². The lowest BCUT2D eigenvalue weighted by Gasteiger charge is -2.17. The number of rotatable bonds is 7. The number of benzene rings is 1. The van der Waals surface area contributed by atoms with Crippen molar-refractivity contribution in [1.29, 1.82) is 0 Å². The minimum absolute atomic E-state index is 0.167. The number of hydrogen-bond acceptors (Lipinski definition) is 3. The number of thioether (sulfide) groups is 1. The van der Waals surface area contributed by atoms with Crippen LogP contribution >= 0.6 is 23.4 Å². The number of carbonyl (C=O) groups is 2. The third kappa shape index (κ3) is 5.98. The van der Waals surface area contributed by atoms with Crippen molar-refractivity contribution < 1.29 is 9.59 Å². The molecular formula is C15H21ClN2O2S. The van der Waals surface area contributed by atoms with Gasteiger partial charge in [-0.15, -0.1) is 11.8 Å². The van der Waals surface area contributed by atoms with Crippen molar-refractivity contribution in [2.24, 2.45) is 0 Å².